The first-order valence-corrected chi connectivity index (χ1v) is 9.30. The molecular weight excluding hydrogens is 340 g/mol. The number of nitrogens with one attached hydrogen (secondary N) is 1. The van der Waals surface area contributed by atoms with Gasteiger partial charge in [-0.2, -0.15) is 5.10 Å². The van der Waals surface area contributed by atoms with Crippen LogP contribution < -0.4 is 11.1 Å². The number of amides is 1. The molecule has 1 saturated carbocycles. The highest BCUT2D eigenvalue weighted by molar-refractivity contribution is 6.13. The van der Waals surface area contributed by atoms with Crippen LogP contribution in [0.2, 0.25) is 0 Å². The topological polar surface area (TPSA) is 98.7 Å². The minimum absolute atomic E-state index is 0.258. The lowest BCUT2D eigenvalue weighted by atomic mass is 10.1. The normalized spacial score (nSPS) is 16.1. The number of fused-ring (bicyclic) bond motifs is 2. The number of nitrogens with zero attached hydrogens (tertiary/aromatic N) is 4. The van der Waals surface area contributed by atoms with Crippen LogP contribution in [0.3, 0.4) is 0 Å². The fourth-order valence-electron chi connectivity index (χ4n) is 4.07. The van der Waals surface area contributed by atoms with Gasteiger partial charge in [0.2, 0.25) is 0 Å². The van der Waals surface area contributed by atoms with Crippen LogP contribution in [0.5, 0.6) is 0 Å². The summed E-state index contributed by atoms with van der Waals surface area (Å²) in [5.41, 5.74) is 10.1. The summed E-state index contributed by atoms with van der Waals surface area (Å²) in [7, 11) is 0. The van der Waals surface area contributed by atoms with E-state index in [1.807, 2.05) is 22.9 Å². The van der Waals surface area contributed by atoms with Gasteiger partial charge in [0, 0.05) is 5.69 Å². The van der Waals surface area contributed by atoms with Crippen molar-refractivity contribution in [2.24, 2.45) is 0 Å². The summed E-state index contributed by atoms with van der Waals surface area (Å²) < 4.78 is 1.86. The van der Waals surface area contributed by atoms with Gasteiger partial charge >= 0.3 is 0 Å². The van der Waals surface area contributed by atoms with Crippen LogP contribution in [0.1, 0.15) is 53.3 Å². The van der Waals surface area contributed by atoms with Crippen molar-refractivity contribution in [1.82, 2.24) is 19.7 Å². The molecule has 0 unspecified atom stereocenters. The van der Waals surface area contributed by atoms with E-state index in [2.05, 4.69) is 32.5 Å². The van der Waals surface area contributed by atoms with Crippen LogP contribution in [-0.2, 0) is 6.42 Å². The van der Waals surface area contributed by atoms with Crippen LogP contribution in [-0.4, -0.2) is 25.7 Å². The van der Waals surface area contributed by atoms with Gasteiger partial charge in [-0.1, -0.05) is 31.1 Å². The number of nitrogens with two attached hydrogens (primary N) is 1. The van der Waals surface area contributed by atoms with Crippen molar-refractivity contribution in [2.75, 3.05) is 11.1 Å². The van der Waals surface area contributed by atoms with Crippen LogP contribution in [0.15, 0.2) is 30.6 Å². The molecule has 0 atom stereocenters. The molecule has 0 saturated heterocycles. The summed E-state index contributed by atoms with van der Waals surface area (Å²) >= 11 is 0. The Morgan fingerprint density at radius 3 is 2.93 bits per heavy atom. The van der Waals surface area contributed by atoms with Crippen LogP contribution in [0, 0.1) is 0 Å². The van der Waals surface area contributed by atoms with Gasteiger partial charge < -0.3 is 11.1 Å². The second kappa shape index (κ2) is 6.19. The maximum atomic E-state index is 13.0. The molecule has 5 rings (SSSR count). The Labute approximate surface area is 156 Å². The summed E-state index contributed by atoms with van der Waals surface area (Å²) in [4.78, 5) is 21.4. The summed E-state index contributed by atoms with van der Waals surface area (Å²) in [6.07, 6.45) is 11.0. The zero-order valence-corrected chi connectivity index (χ0v) is 14.9. The number of nitrogen functional groups attached to an aromatic ring is 1. The molecule has 3 N–H and O–H groups in total. The first-order chi connectivity index (χ1) is 13.2. The summed E-state index contributed by atoms with van der Waals surface area (Å²) in [5, 5.41) is 8.09. The minimum Gasteiger partial charge on any atom is -0.383 e. The average Bonchev–Trinajstić information content (AvgIpc) is 3.40. The van der Waals surface area contributed by atoms with E-state index in [0.29, 0.717) is 11.0 Å². The Balaban J connectivity index is 1.54. The van der Waals surface area contributed by atoms with Gasteiger partial charge in [-0.25, -0.2) is 14.6 Å². The molecule has 2 aliphatic rings. The monoisotopic (exact) mass is 360 g/mol. The highest BCUT2D eigenvalue weighted by atomic mass is 16.2. The number of benzene rings is 1. The molecule has 7 heteroatoms. The number of aromatic nitrogens is 4. The summed E-state index contributed by atoms with van der Waals surface area (Å²) in [6.45, 7) is 0. The number of carbonyl (C=O) groups excluding carboxylic acids is 1. The lowest BCUT2D eigenvalue weighted by Crippen LogP contribution is -2.15. The van der Waals surface area contributed by atoms with Crippen LogP contribution in [0.4, 0.5) is 11.5 Å². The van der Waals surface area contributed by atoms with Crippen molar-refractivity contribution in [1.29, 1.82) is 0 Å². The van der Waals surface area contributed by atoms with E-state index in [0.717, 1.165) is 43.4 Å². The Bertz CT molecular complexity index is 1080. The Morgan fingerprint density at radius 1 is 1.22 bits per heavy atom. The van der Waals surface area contributed by atoms with E-state index in [4.69, 9.17) is 5.73 Å². The molecule has 1 amide bonds. The summed E-state index contributed by atoms with van der Waals surface area (Å²) in [6, 6.07) is 6.19. The van der Waals surface area contributed by atoms with Crippen molar-refractivity contribution < 1.29 is 4.79 Å². The molecule has 0 aliphatic heterocycles. The predicted octanol–water partition coefficient (Wildman–Crippen LogP) is 3.35. The Hall–Kier alpha value is -3.22. The lowest BCUT2D eigenvalue weighted by Gasteiger charge is -2.10. The van der Waals surface area contributed by atoms with Crippen molar-refractivity contribution >= 4 is 34.5 Å². The number of allylic oxidation sites excluding steroid dienone is 1. The van der Waals surface area contributed by atoms with Crippen molar-refractivity contribution in [3.05, 3.63) is 47.4 Å². The first-order valence-electron chi connectivity index (χ1n) is 9.30. The van der Waals surface area contributed by atoms with Gasteiger partial charge in [0.25, 0.3) is 5.91 Å². The minimum atomic E-state index is -0.292. The Kier molecular flexibility index (Phi) is 3.67. The molecule has 3 aromatic rings. The quantitative estimate of drug-likeness (QED) is 0.746. The van der Waals surface area contributed by atoms with Gasteiger partial charge in [-0.05, 0) is 42.5 Å². The number of carbonyl (C=O) groups is 1. The zero-order valence-electron chi connectivity index (χ0n) is 14.9. The summed E-state index contributed by atoms with van der Waals surface area (Å²) in [5.74, 6) is -0.00791. The molecule has 1 fully saturated rings. The van der Waals surface area contributed by atoms with Gasteiger partial charge in [-0.15, -0.1) is 0 Å². The molecule has 0 bridgehead atoms. The Morgan fingerprint density at radius 2 is 2.07 bits per heavy atom. The van der Waals surface area contributed by atoms with E-state index >= 15 is 0 Å². The largest absolute Gasteiger partial charge is 0.383 e. The second-order valence-corrected chi connectivity index (χ2v) is 7.16. The number of anilines is 2. The molecule has 0 spiro atoms. The second-order valence-electron chi connectivity index (χ2n) is 7.16. The third-order valence-corrected chi connectivity index (χ3v) is 5.44. The average molecular weight is 360 g/mol. The van der Waals surface area contributed by atoms with E-state index in [1.165, 1.54) is 11.9 Å². The molecule has 0 radical (unpaired) electrons. The highest BCUT2D eigenvalue weighted by Crippen LogP contribution is 2.33. The SMILES string of the molecule is Nc1ncnc2c1c(C(=O)Nc1ccc3c(c1)C=CC3)nn2C1CCCC1. The predicted molar refractivity (Wildman–Crippen MR) is 104 cm³/mol. The molecule has 1 aromatic carbocycles. The smallest absolute Gasteiger partial charge is 0.277 e. The van der Waals surface area contributed by atoms with Gasteiger partial charge in [-0.3, -0.25) is 4.79 Å². The van der Waals surface area contributed by atoms with Gasteiger partial charge in [0.05, 0.1) is 11.4 Å². The number of hydrogen-bond donors (Lipinski definition) is 2. The maximum absolute atomic E-state index is 13.0. The van der Waals surface area contributed by atoms with Crippen LogP contribution >= 0.6 is 0 Å². The molecule has 2 aliphatic carbocycles. The fraction of sp³-hybridized carbons (Fsp3) is 0.300. The van der Waals surface area contributed by atoms with Gasteiger partial charge in [0.15, 0.2) is 11.3 Å². The third-order valence-electron chi connectivity index (χ3n) is 5.44. The molecule has 136 valence electrons. The molecule has 7 nitrogen and oxygen atoms in total. The number of rotatable bonds is 3. The standard InChI is InChI=1S/C20H20N6O/c21-18-16-17(20(27)24-14-9-8-12-4-3-5-13(12)10-14)25-26(15-6-1-2-7-15)19(16)23-11-22-18/h3,5,8-11,15H,1-2,4,6-7H2,(H,24,27)(H2,21,22,23). The maximum Gasteiger partial charge on any atom is 0.277 e. The van der Waals surface area contributed by atoms with Crippen molar-refractivity contribution in [3.63, 3.8) is 0 Å². The van der Waals surface area contributed by atoms with E-state index in [1.54, 1.807) is 0 Å². The molecule has 2 heterocycles. The van der Waals surface area contributed by atoms with Crippen LogP contribution in [0.25, 0.3) is 17.1 Å². The first kappa shape index (κ1) is 16.0. The fourth-order valence-corrected chi connectivity index (χ4v) is 4.07. The third kappa shape index (κ3) is 2.66. The van der Waals surface area contributed by atoms with E-state index in [9.17, 15) is 4.79 Å². The van der Waals surface area contributed by atoms with Crippen molar-refractivity contribution in [3.8, 4) is 0 Å². The molecular formula is C20H20N6O. The van der Waals surface area contributed by atoms with E-state index < -0.39 is 0 Å². The highest BCUT2D eigenvalue weighted by Gasteiger charge is 2.26. The zero-order chi connectivity index (χ0) is 18.4. The lowest BCUT2D eigenvalue weighted by molar-refractivity contribution is 0.102. The molecule has 2 aromatic heterocycles. The van der Waals surface area contributed by atoms with Gasteiger partial charge in [0.1, 0.15) is 12.1 Å². The molecule has 27 heavy (non-hydrogen) atoms. The van der Waals surface area contributed by atoms with E-state index in [-0.39, 0.29) is 23.5 Å². The number of hydrogen-bond acceptors (Lipinski definition) is 5. The van der Waals surface area contributed by atoms with Crippen molar-refractivity contribution in [2.45, 2.75) is 38.1 Å².